The molecule has 0 radical (unpaired) electrons. The van der Waals surface area contributed by atoms with E-state index >= 15 is 0 Å². The topological polar surface area (TPSA) is 75.1 Å². The zero-order valence-corrected chi connectivity index (χ0v) is 12.4. The van der Waals surface area contributed by atoms with Gasteiger partial charge in [0.2, 0.25) is 5.95 Å². The molecule has 0 aliphatic rings. The highest BCUT2D eigenvalue weighted by molar-refractivity contribution is 6.31. The van der Waals surface area contributed by atoms with Gasteiger partial charge in [0.15, 0.2) is 0 Å². The zero-order chi connectivity index (χ0) is 15.0. The predicted octanol–water partition coefficient (Wildman–Crippen LogP) is 2.30. The largest absolute Gasteiger partial charge is 0.350 e. The van der Waals surface area contributed by atoms with Crippen LogP contribution in [0.3, 0.4) is 0 Å². The van der Waals surface area contributed by atoms with Gasteiger partial charge in [-0.1, -0.05) is 29.8 Å². The second kappa shape index (κ2) is 5.21. The lowest BCUT2D eigenvalue weighted by molar-refractivity contribution is 0.870. The van der Waals surface area contributed by atoms with Crippen molar-refractivity contribution in [1.29, 1.82) is 0 Å². The van der Waals surface area contributed by atoms with Gasteiger partial charge in [-0.25, -0.2) is 4.98 Å². The van der Waals surface area contributed by atoms with E-state index in [4.69, 9.17) is 11.6 Å². The van der Waals surface area contributed by atoms with Gasteiger partial charge >= 0.3 is 0 Å². The molecule has 3 rings (SSSR count). The van der Waals surface area contributed by atoms with E-state index in [2.05, 4.69) is 20.4 Å². The Balaban J connectivity index is 1.91. The molecule has 1 aromatic carbocycles. The molecular formula is C14H14ClN5O. The Kier molecular flexibility index (Phi) is 3.39. The Bertz CT molecular complexity index is 867. The van der Waals surface area contributed by atoms with Gasteiger partial charge in [-0.15, -0.1) is 0 Å². The molecule has 0 spiro atoms. The number of rotatable bonds is 3. The highest BCUT2D eigenvalue weighted by atomic mass is 35.5. The Hall–Kier alpha value is -2.34. The van der Waals surface area contributed by atoms with Gasteiger partial charge in [0.1, 0.15) is 0 Å². The van der Waals surface area contributed by atoms with Crippen LogP contribution in [0.4, 0.5) is 5.95 Å². The Labute approximate surface area is 125 Å². The molecule has 0 fully saturated rings. The van der Waals surface area contributed by atoms with E-state index in [-0.39, 0.29) is 5.56 Å². The first kappa shape index (κ1) is 13.6. The maximum Gasteiger partial charge on any atom is 0.277 e. The molecule has 0 amide bonds. The van der Waals surface area contributed by atoms with Gasteiger partial charge in [-0.2, -0.15) is 9.50 Å². The molecule has 21 heavy (non-hydrogen) atoms. The first-order valence-corrected chi connectivity index (χ1v) is 6.87. The smallest absolute Gasteiger partial charge is 0.277 e. The normalized spacial score (nSPS) is 11.0. The molecule has 2 N–H and O–H groups in total. The van der Waals surface area contributed by atoms with E-state index in [9.17, 15) is 4.79 Å². The maximum atomic E-state index is 12.1. The molecule has 6 nitrogen and oxygen atoms in total. The summed E-state index contributed by atoms with van der Waals surface area (Å²) in [5.41, 5.74) is 2.10. The van der Waals surface area contributed by atoms with Crippen molar-refractivity contribution in [3.63, 3.8) is 0 Å². The molecule has 0 aliphatic carbocycles. The van der Waals surface area contributed by atoms with E-state index in [1.807, 2.05) is 24.3 Å². The van der Waals surface area contributed by atoms with E-state index in [0.717, 1.165) is 5.56 Å². The quantitative estimate of drug-likeness (QED) is 0.778. The van der Waals surface area contributed by atoms with Crippen LogP contribution in [-0.4, -0.2) is 19.6 Å². The first-order chi connectivity index (χ1) is 10.1. The highest BCUT2D eigenvalue weighted by Gasteiger charge is 2.10. The number of nitrogens with zero attached hydrogens (tertiary/aromatic N) is 3. The number of aromatic amines is 1. The molecule has 3 aromatic rings. The molecular weight excluding hydrogens is 290 g/mol. The minimum atomic E-state index is -0.143. The summed E-state index contributed by atoms with van der Waals surface area (Å²) in [6.45, 7) is 4.04. The SMILES string of the molecule is Cc1nc2nc(NCc3ccccc3Cl)[nH]n2c(=O)c1C. The minimum absolute atomic E-state index is 0.143. The summed E-state index contributed by atoms with van der Waals surface area (Å²) >= 11 is 6.10. The van der Waals surface area contributed by atoms with Crippen LogP contribution < -0.4 is 10.9 Å². The van der Waals surface area contributed by atoms with Crippen molar-refractivity contribution in [1.82, 2.24) is 19.6 Å². The van der Waals surface area contributed by atoms with Gasteiger partial charge in [-0.05, 0) is 25.5 Å². The summed E-state index contributed by atoms with van der Waals surface area (Å²) < 4.78 is 1.33. The predicted molar refractivity (Wildman–Crippen MR) is 81.9 cm³/mol. The van der Waals surface area contributed by atoms with Crippen molar-refractivity contribution in [2.45, 2.75) is 20.4 Å². The molecule has 108 valence electrons. The van der Waals surface area contributed by atoms with Gasteiger partial charge in [0.25, 0.3) is 11.3 Å². The number of anilines is 1. The second-order valence-corrected chi connectivity index (χ2v) is 5.19. The average molecular weight is 304 g/mol. The first-order valence-electron chi connectivity index (χ1n) is 6.49. The molecule has 0 bridgehead atoms. The van der Waals surface area contributed by atoms with E-state index in [1.54, 1.807) is 13.8 Å². The number of aryl methyl sites for hydroxylation is 1. The van der Waals surface area contributed by atoms with Crippen LogP contribution in [0.5, 0.6) is 0 Å². The fourth-order valence-electron chi connectivity index (χ4n) is 2.00. The Morgan fingerprint density at radius 2 is 2.05 bits per heavy atom. The standard InChI is InChI=1S/C14H14ClN5O/c1-8-9(2)17-14-18-13(19-20(14)12(8)21)16-7-10-5-3-4-6-11(10)15/h3-6H,7H2,1-2H3,(H2,16,17,18,19). The number of aromatic nitrogens is 4. The van der Waals surface area contributed by atoms with Gasteiger partial charge in [0, 0.05) is 22.8 Å². The average Bonchev–Trinajstić information content (AvgIpc) is 2.87. The molecule has 2 heterocycles. The summed E-state index contributed by atoms with van der Waals surface area (Å²) in [6.07, 6.45) is 0. The second-order valence-electron chi connectivity index (χ2n) is 4.78. The van der Waals surface area contributed by atoms with E-state index < -0.39 is 0 Å². The van der Waals surface area contributed by atoms with E-state index in [1.165, 1.54) is 4.52 Å². The molecule has 0 unspecified atom stereocenters. The van der Waals surface area contributed by atoms with Crippen LogP contribution in [0.15, 0.2) is 29.1 Å². The van der Waals surface area contributed by atoms with Crippen LogP contribution in [0, 0.1) is 13.8 Å². The van der Waals surface area contributed by atoms with Crippen molar-refractivity contribution in [3.05, 3.63) is 56.5 Å². The summed E-state index contributed by atoms with van der Waals surface area (Å²) in [5.74, 6) is 0.828. The van der Waals surface area contributed by atoms with Crippen LogP contribution in [0.25, 0.3) is 5.78 Å². The van der Waals surface area contributed by atoms with Crippen molar-refractivity contribution in [2.24, 2.45) is 0 Å². The Morgan fingerprint density at radius 3 is 2.81 bits per heavy atom. The monoisotopic (exact) mass is 303 g/mol. The third-order valence-electron chi connectivity index (χ3n) is 3.37. The summed E-state index contributed by atoms with van der Waals surface area (Å²) in [4.78, 5) is 20.6. The van der Waals surface area contributed by atoms with Crippen molar-refractivity contribution >= 4 is 23.3 Å². The van der Waals surface area contributed by atoms with Crippen molar-refractivity contribution in [3.8, 4) is 0 Å². The molecule has 7 heteroatoms. The number of halogens is 1. The Morgan fingerprint density at radius 1 is 1.29 bits per heavy atom. The minimum Gasteiger partial charge on any atom is -0.350 e. The zero-order valence-electron chi connectivity index (χ0n) is 11.6. The molecule has 0 aliphatic heterocycles. The molecule has 0 atom stereocenters. The fraction of sp³-hybridized carbons (Fsp3) is 0.214. The van der Waals surface area contributed by atoms with E-state index in [0.29, 0.717) is 34.6 Å². The molecule has 0 saturated carbocycles. The number of hydrogen-bond acceptors (Lipinski definition) is 4. The lowest BCUT2D eigenvalue weighted by Gasteiger charge is -2.04. The summed E-state index contributed by atoms with van der Waals surface area (Å²) in [7, 11) is 0. The number of H-pyrrole nitrogens is 1. The number of nitrogens with one attached hydrogen (secondary N) is 2. The van der Waals surface area contributed by atoms with Crippen LogP contribution >= 0.6 is 11.6 Å². The maximum absolute atomic E-state index is 12.1. The lowest BCUT2D eigenvalue weighted by atomic mass is 10.2. The van der Waals surface area contributed by atoms with Crippen LogP contribution in [0.1, 0.15) is 16.8 Å². The van der Waals surface area contributed by atoms with Gasteiger partial charge in [-0.3, -0.25) is 9.89 Å². The summed E-state index contributed by atoms with van der Waals surface area (Å²) in [6, 6.07) is 7.55. The fourth-order valence-corrected chi connectivity index (χ4v) is 2.21. The van der Waals surface area contributed by atoms with Crippen molar-refractivity contribution in [2.75, 3.05) is 5.32 Å². The third-order valence-corrected chi connectivity index (χ3v) is 3.74. The van der Waals surface area contributed by atoms with Gasteiger partial charge < -0.3 is 5.32 Å². The number of hydrogen-bond donors (Lipinski definition) is 2. The molecule has 0 saturated heterocycles. The number of fused-ring (bicyclic) bond motifs is 1. The van der Waals surface area contributed by atoms with Crippen LogP contribution in [0.2, 0.25) is 5.02 Å². The summed E-state index contributed by atoms with van der Waals surface area (Å²) in [5, 5.41) is 6.69. The molecule has 2 aromatic heterocycles. The van der Waals surface area contributed by atoms with Gasteiger partial charge in [0.05, 0.1) is 0 Å². The number of benzene rings is 1. The van der Waals surface area contributed by atoms with Crippen molar-refractivity contribution < 1.29 is 0 Å². The highest BCUT2D eigenvalue weighted by Crippen LogP contribution is 2.16. The van der Waals surface area contributed by atoms with Crippen LogP contribution in [-0.2, 0) is 6.54 Å². The lowest BCUT2D eigenvalue weighted by Crippen LogP contribution is -2.19. The third kappa shape index (κ3) is 2.50.